The third-order valence-electron chi connectivity index (χ3n) is 2.96. The lowest BCUT2D eigenvalue weighted by Crippen LogP contribution is -2.35. The molecule has 0 aromatic heterocycles. The Morgan fingerprint density at radius 3 is 3.11 bits per heavy atom. The van der Waals surface area contributed by atoms with Crippen LogP contribution < -0.4 is 10.6 Å². The number of ether oxygens (including phenoxy) is 2. The number of rotatable bonds is 4. The Morgan fingerprint density at radius 2 is 2.26 bits per heavy atom. The van der Waals surface area contributed by atoms with Crippen LogP contribution in [0.5, 0.6) is 0 Å². The summed E-state index contributed by atoms with van der Waals surface area (Å²) in [5, 5.41) is 6.03. The molecule has 1 heterocycles. The highest BCUT2D eigenvalue weighted by molar-refractivity contribution is 5.67. The fourth-order valence-electron chi connectivity index (χ4n) is 1.89. The molecule has 5 heteroatoms. The van der Waals surface area contributed by atoms with E-state index in [9.17, 15) is 4.79 Å². The second kappa shape index (κ2) is 7.76. The Labute approximate surface area is 113 Å². The van der Waals surface area contributed by atoms with Gasteiger partial charge in [-0.05, 0) is 5.56 Å². The molecule has 1 saturated heterocycles. The van der Waals surface area contributed by atoms with Gasteiger partial charge in [-0.3, -0.25) is 0 Å². The number of hydrogen-bond donors (Lipinski definition) is 2. The van der Waals surface area contributed by atoms with Crippen molar-refractivity contribution < 1.29 is 14.3 Å². The molecule has 19 heavy (non-hydrogen) atoms. The minimum absolute atomic E-state index is 0.298. The smallest absolute Gasteiger partial charge is 0.407 e. The first-order valence-electron chi connectivity index (χ1n) is 6.57. The summed E-state index contributed by atoms with van der Waals surface area (Å²) >= 11 is 0. The summed E-state index contributed by atoms with van der Waals surface area (Å²) in [6.45, 7) is 4.00. The molecule has 0 spiro atoms. The van der Waals surface area contributed by atoms with Crippen molar-refractivity contribution in [3.8, 4) is 0 Å². The van der Waals surface area contributed by atoms with Crippen LogP contribution >= 0.6 is 0 Å². The van der Waals surface area contributed by atoms with Gasteiger partial charge in [-0.25, -0.2) is 4.79 Å². The maximum atomic E-state index is 11.6. The van der Waals surface area contributed by atoms with E-state index in [1.54, 1.807) is 0 Å². The van der Waals surface area contributed by atoms with Gasteiger partial charge in [0.1, 0.15) is 6.61 Å². The average Bonchev–Trinajstić information content (AvgIpc) is 2.73. The molecule has 5 nitrogen and oxygen atoms in total. The summed E-state index contributed by atoms with van der Waals surface area (Å²) < 4.78 is 10.6. The van der Waals surface area contributed by atoms with E-state index in [2.05, 4.69) is 10.6 Å². The highest BCUT2D eigenvalue weighted by Gasteiger charge is 2.13. The standard InChI is InChI=1S/C14H20N2O3/c17-14(19-11-12-4-2-1-3-5-12)16-9-13-8-15-6-7-18-10-13/h1-5,13,15H,6-11H2,(H,16,17). The number of carbonyl (C=O) groups excluding carboxylic acids is 1. The Kier molecular flexibility index (Phi) is 5.65. The van der Waals surface area contributed by atoms with Gasteiger partial charge >= 0.3 is 6.09 Å². The van der Waals surface area contributed by atoms with Crippen molar-refractivity contribution in [3.05, 3.63) is 35.9 Å². The predicted molar refractivity (Wildman–Crippen MR) is 71.8 cm³/mol. The van der Waals surface area contributed by atoms with Gasteiger partial charge in [0.15, 0.2) is 0 Å². The molecule has 104 valence electrons. The normalized spacial score (nSPS) is 19.5. The van der Waals surface area contributed by atoms with Crippen molar-refractivity contribution in [1.29, 1.82) is 0 Å². The molecule has 1 atom stereocenters. The minimum atomic E-state index is -0.381. The highest BCUT2D eigenvalue weighted by atomic mass is 16.5. The lowest BCUT2D eigenvalue weighted by Gasteiger charge is -2.14. The van der Waals surface area contributed by atoms with Crippen molar-refractivity contribution in [2.75, 3.05) is 32.8 Å². The Hall–Kier alpha value is -1.59. The Bertz CT molecular complexity index is 376. The van der Waals surface area contributed by atoms with Crippen molar-refractivity contribution in [2.24, 2.45) is 5.92 Å². The summed E-state index contributed by atoms with van der Waals surface area (Å²) in [6, 6.07) is 9.63. The van der Waals surface area contributed by atoms with Crippen LogP contribution in [0, 0.1) is 5.92 Å². The maximum Gasteiger partial charge on any atom is 0.407 e. The van der Waals surface area contributed by atoms with Crippen LogP contribution in [0.2, 0.25) is 0 Å². The third kappa shape index (κ3) is 5.28. The van der Waals surface area contributed by atoms with Gasteiger partial charge < -0.3 is 20.1 Å². The SMILES string of the molecule is O=C(NCC1CNCCOC1)OCc1ccccc1. The average molecular weight is 264 g/mol. The van der Waals surface area contributed by atoms with Crippen LogP contribution in [0.1, 0.15) is 5.56 Å². The molecule has 1 aliphatic heterocycles. The number of alkyl carbamates (subject to hydrolysis) is 1. The van der Waals surface area contributed by atoms with Crippen LogP contribution in [0.15, 0.2) is 30.3 Å². The van der Waals surface area contributed by atoms with Crippen LogP contribution in [-0.2, 0) is 16.1 Å². The molecule has 1 amide bonds. The summed E-state index contributed by atoms with van der Waals surface area (Å²) in [5.41, 5.74) is 0.983. The fourth-order valence-corrected chi connectivity index (χ4v) is 1.89. The molecule has 1 aliphatic rings. The monoisotopic (exact) mass is 264 g/mol. The summed E-state index contributed by atoms with van der Waals surface area (Å²) in [5.74, 6) is 0.298. The van der Waals surface area contributed by atoms with E-state index in [0.29, 0.717) is 25.7 Å². The van der Waals surface area contributed by atoms with Gasteiger partial charge in [0, 0.05) is 25.6 Å². The van der Waals surface area contributed by atoms with Gasteiger partial charge in [0.05, 0.1) is 13.2 Å². The van der Waals surface area contributed by atoms with Gasteiger partial charge in [-0.2, -0.15) is 0 Å². The molecular formula is C14H20N2O3. The molecule has 0 bridgehead atoms. The third-order valence-corrected chi connectivity index (χ3v) is 2.96. The molecular weight excluding hydrogens is 244 g/mol. The van der Waals surface area contributed by atoms with Crippen molar-refractivity contribution in [3.63, 3.8) is 0 Å². The molecule has 1 aromatic carbocycles. The van der Waals surface area contributed by atoms with Crippen LogP contribution in [0.3, 0.4) is 0 Å². The van der Waals surface area contributed by atoms with E-state index in [1.807, 2.05) is 30.3 Å². The summed E-state index contributed by atoms with van der Waals surface area (Å²) in [7, 11) is 0. The van der Waals surface area contributed by atoms with Gasteiger partial charge in [0.25, 0.3) is 0 Å². The number of nitrogens with one attached hydrogen (secondary N) is 2. The molecule has 2 N–H and O–H groups in total. The van der Waals surface area contributed by atoms with E-state index in [1.165, 1.54) is 0 Å². The zero-order valence-electron chi connectivity index (χ0n) is 10.9. The second-order valence-electron chi connectivity index (χ2n) is 4.59. The van der Waals surface area contributed by atoms with Crippen LogP contribution in [-0.4, -0.2) is 38.9 Å². The Balaban J connectivity index is 1.64. The molecule has 2 rings (SSSR count). The van der Waals surface area contributed by atoms with Crippen molar-refractivity contribution >= 4 is 6.09 Å². The summed E-state index contributed by atoms with van der Waals surface area (Å²) in [6.07, 6.45) is -0.381. The number of carbonyl (C=O) groups is 1. The second-order valence-corrected chi connectivity index (χ2v) is 4.59. The van der Waals surface area contributed by atoms with E-state index >= 15 is 0 Å². The number of amides is 1. The van der Waals surface area contributed by atoms with Crippen LogP contribution in [0.25, 0.3) is 0 Å². The number of benzene rings is 1. The van der Waals surface area contributed by atoms with Crippen molar-refractivity contribution in [2.45, 2.75) is 6.61 Å². The highest BCUT2D eigenvalue weighted by Crippen LogP contribution is 2.01. The molecule has 1 unspecified atom stereocenters. The van der Waals surface area contributed by atoms with E-state index in [0.717, 1.165) is 25.3 Å². The van der Waals surface area contributed by atoms with Crippen LogP contribution in [0.4, 0.5) is 4.79 Å². The van der Waals surface area contributed by atoms with E-state index < -0.39 is 0 Å². The molecule has 0 radical (unpaired) electrons. The summed E-state index contributed by atoms with van der Waals surface area (Å²) in [4.78, 5) is 11.6. The molecule has 1 aromatic rings. The minimum Gasteiger partial charge on any atom is -0.445 e. The topological polar surface area (TPSA) is 59.6 Å². The van der Waals surface area contributed by atoms with Gasteiger partial charge in [-0.1, -0.05) is 30.3 Å². The number of hydrogen-bond acceptors (Lipinski definition) is 4. The maximum absolute atomic E-state index is 11.6. The zero-order valence-corrected chi connectivity index (χ0v) is 10.9. The predicted octanol–water partition coefficient (Wildman–Crippen LogP) is 1.15. The first-order valence-corrected chi connectivity index (χ1v) is 6.57. The van der Waals surface area contributed by atoms with E-state index in [-0.39, 0.29) is 6.09 Å². The zero-order chi connectivity index (χ0) is 13.3. The van der Waals surface area contributed by atoms with Crippen molar-refractivity contribution in [1.82, 2.24) is 10.6 Å². The first kappa shape index (κ1) is 13.8. The van der Waals surface area contributed by atoms with E-state index in [4.69, 9.17) is 9.47 Å². The van der Waals surface area contributed by atoms with Gasteiger partial charge in [0.2, 0.25) is 0 Å². The lowest BCUT2D eigenvalue weighted by molar-refractivity contribution is 0.115. The molecule has 0 aliphatic carbocycles. The molecule has 0 saturated carbocycles. The molecule has 1 fully saturated rings. The lowest BCUT2D eigenvalue weighted by atomic mass is 10.1. The Morgan fingerprint density at radius 1 is 1.42 bits per heavy atom. The fraction of sp³-hybridized carbons (Fsp3) is 0.500. The quantitative estimate of drug-likeness (QED) is 0.856. The first-order chi connectivity index (χ1) is 9.34. The largest absolute Gasteiger partial charge is 0.445 e. The van der Waals surface area contributed by atoms with Gasteiger partial charge in [-0.15, -0.1) is 0 Å².